The second kappa shape index (κ2) is 7.40. The van der Waals surface area contributed by atoms with Gasteiger partial charge in [-0.25, -0.2) is 0 Å². The molecule has 18 heavy (non-hydrogen) atoms. The van der Waals surface area contributed by atoms with E-state index < -0.39 is 0 Å². The monoisotopic (exact) mass is 290 g/mol. The molecule has 0 aliphatic carbocycles. The Labute approximate surface area is 121 Å². The lowest BCUT2D eigenvalue weighted by Crippen LogP contribution is -2.42. The standard InChI is InChI=1S/C15H27ClOS/c1-2-3-14(16)5-4-13-6-9-17-15(12-13)7-10-18-11-8-15/h13-14H,2-12H2,1H3. The van der Waals surface area contributed by atoms with Crippen molar-refractivity contribution < 1.29 is 4.74 Å². The largest absolute Gasteiger partial charge is 0.375 e. The van der Waals surface area contributed by atoms with Gasteiger partial charge >= 0.3 is 0 Å². The van der Waals surface area contributed by atoms with Gasteiger partial charge in [0.1, 0.15) is 0 Å². The number of thioether (sulfide) groups is 1. The third-order valence-electron chi connectivity index (χ3n) is 4.49. The molecule has 2 unspecified atom stereocenters. The normalized spacial score (nSPS) is 29.3. The van der Waals surface area contributed by atoms with Crippen LogP contribution in [-0.4, -0.2) is 29.1 Å². The third-order valence-corrected chi connectivity index (χ3v) is 5.91. The molecule has 1 spiro atoms. The summed E-state index contributed by atoms with van der Waals surface area (Å²) < 4.78 is 6.14. The molecule has 2 saturated heterocycles. The van der Waals surface area contributed by atoms with Crippen LogP contribution in [0.2, 0.25) is 0 Å². The highest BCUT2D eigenvalue weighted by atomic mass is 35.5. The van der Waals surface area contributed by atoms with E-state index in [1.165, 1.54) is 62.9 Å². The Morgan fingerprint density at radius 2 is 2.11 bits per heavy atom. The van der Waals surface area contributed by atoms with Crippen molar-refractivity contribution in [2.24, 2.45) is 5.92 Å². The minimum atomic E-state index is 0.251. The van der Waals surface area contributed by atoms with Crippen molar-refractivity contribution in [1.82, 2.24) is 0 Å². The van der Waals surface area contributed by atoms with Crippen LogP contribution in [-0.2, 0) is 4.74 Å². The molecular formula is C15H27ClOS. The first-order chi connectivity index (χ1) is 8.74. The zero-order valence-corrected chi connectivity index (χ0v) is 13.2. The van der Waals surface area contributed by atoms with Crippen LogP contribution in [0, 0.1) is 5.92 Å². The van der Waals surface area contributed by atoms with Crippen molar-refractivity contribution in [3.63, 3.8) is 0 Å². The van der Waals surface area contributed by atoms with E-state index in [-0.39, 0.29) is 5.60 Å². The van der Waals surface area contributed by atoms with Crippen molar-refractivity contribution in [2.75, 3.05) is 18.1 Å². The van der Waals surface area contributed by atoms with Gasteiger partial charge in [-0.2, -0.15) is 11.8 Å². The maximum atomic E-state index is 6.34. The molecule has 0 aromatic rings. The van der Waals surface area contributed by atoms with E-state index >= 15 is 0 Å². The summed E-state index contributed by atoms with van der Waals surface area (Å²) in [6.45, 7) is 3.20. The average Bonchev–Trinajstić information content (AvgIpc) is 2.38. The van der Waals surface area contributed by atoms with Crippen LogP contribution in [0.4, 0.5) is 0 Å². The second-order valence-corrected chi connectivity index (χ2v) is 7.81. The summed E-state index contributed by atoms with van der Waals surface area (Å²) in [6.07, 6.45) is 9.99. The van der Waals surface area contributed by atoms with E-state index in [2.05, 4.69) is 18.7 Å². The Hall–Kier alpha value is 0.600. The zero-order chi connectivity index (χ0) is 12.8. The van der Waals surface area contributed by atoms with Crippen LogP contribution in [0.1, 0.15) is 58.3 Å². The summed E-state index contributed by atoms with van der Waals surface area (Å²) in [7, 11) is 0. The molecule has 0 aromatic carbocycles. The lowest BCUT2D eigenvalue weighted by molar-refractivity contribution is -0.103. The maximum Gasteiger partial charge on any atom is 0.0700 e. The molecule has 2 fully saturated rings. The van der Waals surface area contributed by atoms with Gasteiger partial charge < -0.3 is 4.74 Å². The fourth-order valence-corrected chi connectivity index (χ4v) is 4.92. The van der Waals surface area contributed by atoms with Crippen molar-refractivity contribution in [3.8, 4) is 0 Å². The van der Waals surface area contributed by atoms with Crippen molar-refractivity contribution in [2.45, 2.75) is 69.3 Å². The van der Waals surface area contributed by atoms with Crippen molar-refractivity contribution >= 4 is 23.4 Å². The van der Waals surface area contributed by atoms with Gasteiger partial charge in [0.25, 0.3) is 0 Å². The second-order valence-electron chi connectivity index (χ2n) is 5.97. The Bertz CT molecular complexity index is 235. The van der Waals surface area contributed by atoms with Gasteiger partial charge in [-0.05, 0) is 62.4 Å². The first-order valence-corrected chi connectivity index (χ1v) is 9.19. The molecule has 2 heterocycles. The number of halogens is 1. The van der Waals surface area contributed by atoms with E-state index in [0.717, 1.165) is 12.5 Å². The molecule has 106 valence electrons. The van der Waals surface area contributed by atoms with Gasteiger partial charge in [0, 0.05) is 12.0 Å². The number of alkyl halides is 1. The van der Waals surface area contributed by atoms with E-state index in [1.807, 2.05) is 0 Å². The highest BCUT2D eigenvalue weighted by molar-refractivity contribution is 7.99. The number of hydrogen-bond acceptors (Lipinski definition) is 2. The molecule has 0 radical (unpaired) electrons. The predicted molar refractivity (Wildman–Crippen MR) is 81.7 cm³/mol. The Morgan fingerprint density at radius 1 is 1.33 bits per heavy atom. The van der Waals surface area contributed by atoms with Gasteiger partial charge in [0.05, 0.1) is 5.60 Å². The van der Waals surface area contributed by atoms with E-state index in [9.17, 15) is 0 Å². The van der Waals surface area contributed by atoms with Crippen LogP contribution in [0.25, 0.3) is 0 Å². The molecule has 0 saturated carbocycles. The van der Waals surface area contributed by atoms with Crippen LogP contribution < -0.4 is 0 Å². The molecule has 0 amide bonds. The smallest absolute Gasteiger partial charge is 0.0700 e. The predicted octanol–water partition coefficient (Wildman–Crippen LogP) is 4.87. The van der Waals surface area contributed by atoms with Crippen LogP contribution in [0.15, 0.2) is 0 Å². The number of hydrogen-bond donors (Lipinski definition) is 0. The van der Waals surface area contributed by atoms with Gasteiger partial charge in [-0.15, -0.1) is 11.6 Å². The Kier molecular flexibility index (Phi) is 6.17. The minimum Gasteiger partial charge on any atom is -0.375 e. The summed E-state index contributed by atoms with van der Waals surface area (Å²) in [5.74, 6) is 3.45. The summed E-state index contributed by atoms with van der Waals surface area (Å²) >= 11 is 8.43. The molecule has 2 aliphatic heterocycles. The van der Waals surface area contributed by atoms with Gasteiger partial charge in [-0.3, -0.25) is 0 Å². The lowest BCUT2D eigenvalue weighted by atomic mass is 9.80. The molecule has 1 nitrogen and oxygen atoms in total. The molecule has 0 bridgehead atoms. The fraction of sp³-hybridized carbons (Fsp3) is 1.00. The molecule has 2 aliphatic rings. The average molecular weight is 291 g/mol. The fourth-order valence-electron chi connectivity index (χ4n) is 3.34. The minimum absolute atomic E-state index is 0.251. The van der Waals surface area contributed by atoms with E-state index in [0.29, 0.717) is 5.38 Å². The topological polar surface area (TPSA) is 9.23 Å². The Balaban J connectivity index is 1.76. The summed E-state index contributed by atoms with van der Waals surface area (Å²) in [4.78, 5) is 0. The lowest BCUT2D eigenvalue weighted by Gasteiger charge is -2.43. The Morgan fingerprint density at radius 3 is 2.83 bits per heavy atom. The SMILES string of the molecule is CCCC(Cl)CCC1CCOC2(CCSCC2)C1. The first-order valence-electron chi connectivity index (χ1n) is 7.60. The van der Waals surface area contributed by atoms with Gasteiger partial charge in [0.2, 0.25) is 0 Å². The van der Waals surface area contributed by atoms with E-state index in [4.69, 9.17) is 16.3 Å². The highest BCUT2D eigenvalue weighted by Crippen LogP contribution is 2.41. The quantitative estimate of drug-likeness (QED) is 0.668. The van der Waals surface area contributed by atoms with Crippen molar-refractivity contribution in [3.05, 3.63) is 0 Å². The number of ether oxygens (including phenoxy) is 1. The van der Waals surface area contributed by atoms with Crippen LogP contribution in [0.5, 0.6) is 0 Å². The van der Waals surface area contributed by atoms with Gasteiger partial charge in [-0.1, -0.05) is 13.3 Å². The maximum absolute atomic E-state index is 6.34. The molecule has 0 N–H and O–H groups in total. The molecule has 0 aromatic heterocycles. The summed E-state index contributed by atoms with van der Waals surface area (Å²) in [5.41, 5.74) is 0.251. The number of rotatable bonds is 5. The summed E-state index contributed by atoms with van der Waals surface area (Å²) in [5, 5.41) is 0.399. The van der Waals surface area contributed by atoms with Crippen LogP contribution in [0.3, 0.4) is 0 Å². The van der Waals surface area contributed by atoms with Crippen LogP contribution >= 0.6 is 23.4 Å². The first kappa shape index (κ1) is 15.0. The van der Waals surface area contributed by atoms with Crippen molar-refractivity contribution in [1.29, 1.82) is 0 Å². The zero-order valence-electron chi connectivity index (χ0n) is 11.6. The summed E-state index contributed by atoms with van der Waals surface area (Å²) in [6, 6.07) is 0. The molecule has 2 atom stereocenters. The molecular weight excluding hydrogens is 264 g/mol. The molecule has 2 rings (SSSR count). The third kappa shape index (κ3) is 4.31. The molecule has 3 heteroatoms. The highest BCUT2D eigenvalue weighted by Gasteiger charge is 2.38. The van der Waals surface area contributed by atoms with Gasteiger partial charge in [0.15, 0.2) is 0 Å². The van der Waals surface area contributed by atoms with E-state index in [1.54, 1.807) is 0 Å².